The molecule has 0 saturated heterocycles. The van der Waals surface area contributed by atoms with E-state index in [1.54, 1.807) is 41.3 Å². The van der Waals surface area contributed by atoms with Gasteiger partial charge in [0.05, 0.1) is 12.2 Å². The Morgan fingerprint density at radius 3 is 2.46 bits per heavy atom. The van der Waals surface area contributed by atoms with Gasteiger partial charge in [-0.25, -0.2) is 4.79 Å². The van der Waals surface area contributed by atoms with Crippen LogP contribution >= 0.6 is 0 Å². The minimum absolute atomic E-state index is 0.0515. The number of ether oxygens (including phenoxy) is 1. The van der Waals surface area contributed by atoms with Crippen LogP contribution in [0.4, 0.5) is 0 Å². The first-order valence-electron chi connectivity index (χ1n) is 7.95. The Morgan fingerprint density at radius 1 is 1.08 bits per heavy atom. The van der Waals surface area contributed by atoms with Gasteiger partial charge in [-0.2, -0.15) is 0 Å². The van der Waals surface area contributed by atoms with E-state index in [-0.39, 0.29) is 11.5 Å². The molecule has 0 unspecified atom stereocenters. The average molecular weight is 325 g/mol. The van der Waals surface area contributed by atoms with E-state index < -0.39 is 5.97 Å². The predicted molar refractivity (Wildman–Crippen MR) is 89.5 cm³/mol. The molecular formula is C19H19NO4. The smallest absolute Gasteiger partial charge is 0.335 e. The highest BCUT2D eigenvalue weighted by Gasteiger charge is 2.22. The molecule has 1 N–H and O–H groups in total. The minimum Gasteiger partial charge on any atom is -0.494 e. The zero-order valence-corrected chi connectivity index (χ0v) is 13.5. The lowest BCUT2D eigenvalue weighted by Crippen LogP contribution is -2.36. The van der Waals surface area contributed by atoms with Crippen molar-refractivity contribution in [3.63, 3.8) is 0 Å². The molecule has 2 aromatic rings. The third-order valence-corrected chi connectivity index (χ3v) is 4.16. The number of carboxylic acid groups (broad SMARTS) is 1. The zero-order valence-electron chi connectivity index (χ0n) is 13.5. The standard InChI is InChI=1S/C19H19NO4/c1-2-24-17-7-5-14(6-8-17)18(21)20-10-9-13-3-4-15(19(22)23)11-16(13)12-20/h3-8,11H,2,9-10,12H2,1H3,(H,22,23). The largest absolute Gasteiger partial charge is 0.494 e. The normalized spacial score (nSPS) is 13.3. The second-order valence-corrected chi connectivity index (χ2v) is 5.72. The van der Waals surface area contributed by atoms with Gasteiger partial charge in [0.2, 0.25) is 0 Å². The van der Waals surface area contributed by atoms with Crippen LogP contribution in [0.2, 0.25) is 0 Å². The van der Waals surface area contributed by atoms with Gasteiger partial charge in [-0.1, -0.05) is 6.07 Å². The maximum Gasteiger partial charge on any atom is 0.335 e. The number of carbonyl (C=O) groups excluding carboxylic acids is 1. The average Bonchev–Trinajstić information content (AvgIpc) is 2.61. The fraction of sp³-hybridized carbons (Fsp3) is 0.263. The number of nitrogens with zero attached hydrogens (tertiary/aromatic N) is 1. The van der Waals surface area contributed by atoms with Gasteiger partial charge in [-0.05, 0) is 60.9 Å². The van der Waals surface area contributed by atoms with E-state index in [4.69, 9.17) is 9.84 Å². The molecule has 124 valence electrons. The summed E-state index contributed by atoms with van der Waals surface area (Å²) in [6.07, 6.45) is 0.734. The van der Waals surface area contributed by atoms with E-state index in [1.807, 2.05) is 13.0 Å². The summed E-state index contributed by atoms with van der Waals surface area (Å²) in [5.74, 6) is -0.263. The number of benzene rings is 2. The molecule has 0 fully saturated rings. The van der Waals surface area contributed by atoms with Crippen molar-refractivity contribution in [2.24, 2.45) is 0 Å². The molecule has 5 heteroatoms. The lowest BCUT2D eigenvalue weighted by atomic mass is 9.97. The van der Waals surface area contributed by atoms with Crippen LogP contribution in [0.25, 0.3) is 0 Å². The summed E-state index contributed by atoms with van der Waals surface area (Å²) in [4.78, 5) is 25.5. The Morgan fingerprint density at radius 2 is 1.79 bits per heavy atom. The van der Waals surface area contributed by atoms with Gasteiger partial charge in [0.25, 0.3) is 5.91 Å². The molecule has 0 atom stereocenters. The molecule has 24 heavy (non-hydrogen) atoms. The van der Waals surface area contributed by atoms with Crippen LogP contribution in [-0.2, 0) is 13.0 Å². The number of carboxylic acids is 1. The molecule has 0 saturated carbocycles. The van der Waals surface area contributed by atoms with Crippen LogP contribution in [0.1, 0.15) is 38.8 Å². The van der Waals surface area contributed by atoms with Crippen LogP contribution in [-0.4, -0.2) is 35.0 Å². The summed E-state index contributed by atoms with van der Waals surface area (Å²) in [6, 6.07) is 12.2. The van der Waals surface area contributed by atoms with Crippen molar-refractivity contribution in [3.8, 4) is 5.75 Å². The van der Waals surface area contributed by atoms with Crippen molar-refractivity contribution < 1.29 is 19.4 Å². The quantitative estimate of drug-likeness (QED) is 0.938. The molecule has 0 spiro atoms. The summed E-state index contributed by atoms with van der Waals surface area (Å²) in [5, 5.41) is 9.12. The highest BCUT2D eigenvalue weighted by Crippen LogP contribution is 2.22. The highest BCUT2D eigenvalue weighted by atomic mass is 16.5. The predicted octanol–water partition coefficient (Wildman–Crippen LogP) is 2.98. The van der Waals surface area contributed by atoms with Crippen LogP contribution in [0.15, 0.2) is 42.5 Å². The zero-order chi connectivity index (χ0) is 17.1. The van der Waals surface area contributed by atoms with Crippen molar-refractivity contribution in [3.05, 3.63) is 64.7 Å². The number of amides is 1. The van der Waals surface area contributed by atoms with E-state index in [2.05, 4.69) is 0 Å². The first-order chi connectivity index (χ1) is 11.6. The number of fused-ring (bicyclic) bond motifs is 1. The number of aromatic carboxylic acids is 1. The third kappa shape index (κ3) is 3.25. The van der Waals surface area contributed by atoms with Gasteiger partial charge >= 0.3 is 5.97 Å². The molecule has 2 aromatic carbocycles. The molecule has 0 aliphatic carbocycles. The van der Waals surface area contributed by atoms with Crippen LogP contribution in [0.5, 0.6) is 5.75 Å². The van der Waals surface area contributed by atoms with Gasteiger partial charge in [0.15, 0.2) is 0 Å². The van der Waals surface area contributed by atoms with Crippen LogP contribution in [0, 0.1) is 0 Å². The van der Waals surface area contributed by atoms with Crippen molar-refractivity contribution in [1.29, 1.82) is 0 Å². The van der Waals surface area contributed by atoms with Crippen LogP contribution < -0.4 is 4.74 Å². The van der Waals surface area contributed by atoms with E-state index >= 15 is 0 Å². The molecule has 1 amide bonds. The van der Waals surface area contributed by atoms with E-state index in [0.29, 0.717) is 25.3 Å². The monoisotopic (exact) mass is 325 g/mol. The molecular weight excluding hydrogens is 306 g/mol. The fourth-order valence-corrected chi connectivity index (χ4v) is 2.91. The van der Waals surface area contributed by atoms with Gasteiger partial charge < -0.3 is 14.7 Å². The van der Waals surface area contributed by atoms with Crippen molar-refractivity contribution >= 4 is 11.9 Å². The molecule has 5 nitrogen and oxygen atoms in total. The first-order valence-corrected chi connectivity index (χ1v) is 7.95. The molecule has 1 aliphatic heterocycles. The number of hydrogen-bond donors (Lipinski definition) is 1. The summed E-state index contributed by atoms with van der Waals surface area (Å²) in [7, 11) is 0. The van der Waals surface area contributed by atoms with Gasteiger partial charge in [-0.15, -0.1) is 0 Å². The molecule has 3 rings (SSSR count). The Hall–Kier alpha value is -2.82. The van der Waals surface area contributed by atoms with E-state index in [1.165, 1.54) is 0 Å². The van der Waals surface area contributed by atoms with Gasteiger partial charge in [0.1, 0.15) is 5.75 Å². The SMILES string of the molecule is CCOc1ccc(C(=O)N2CCc3ccc(C(=O)O)cc3C2)cc1. The lowest BCUT2D eigenvalue weighted by Gasteiger charge is -2.29. The molecule has 0 bridgehead atoms. The first kappa shape index (κ1) is 16.1. The van der Waals surface area contributed by atoms with Gasteiger partial charge in [0, 0.05) is 18.7 Å². The minimum atomic E-state index is -0.951. The van der Waals surface area contributed by atoms with Crippen molar-refractivity contribution in [2.45, 2.75) is 19.9 Å². The second-order valence-electron chi connectivity index (χ2n) is 5.72. The number of rotatable bonds is 4. The summed E-state index contributed by atoms with van der Waals surface area (Å²) < 4.78 is 5.39. The second kappa shape index (κ2) is 6.74. The summed E-state index contributed by atoms with van der Waals surface area (Å²) in [6.45, 7) is 3.56. The number of hydrogen-bond acceptors (Lipinski definition) is 3. The summed E-state index contributed by atoms with van der Waals surface area (Å²) in [5.41, 5.74) is 2.87. The van der Waals surface area contributed by atoms with Crippen LogP contribution in [0.3, 0.4) is 0 Å². The maximum absolute atomic E-state index is 12.7. The summed E-state index contributed by atoms with van der Waals surface area (Å²) >= 11 is 0. The Kier molecular flexibility index (Phi) is 4.51. The molecule has 1 aliphatic rings. The Bertz CT molecular complexity index is 767. The third-order valence-electron chi connectivity index (χ3n) is 4.16. The molecule has 1 heterocycles. The lowest BCUT2D eigenvalue weighted by molar-refractivity contribution is 0.0696. The highest BCUT2D eigenvalue weighted by molar-refractivity contribution is 5.94. The Balaban J connectivity index is 1.77. The molecule has 0 aromatic heterocycles. The maximum atomic E-state index is 12.7. The number of carbonyl (C=O) groups is 2. The van der Waals surface area contributed by atoms with E-state index in [0.717, 1.165) is 23.3 Å². The van der Waals surface area contributed by atoms with Crippen molar-refractivity contribution in [1.82, 2.24) is 4.90 Å². The topological polar surface area (TPSA) is 66.8 Å². The van der Waals surface area contributed by atoms with E-state index in [9.17, 15) is 9.59 Å². The molecule has 0 radical (unpaired) electrons. The Labute approximate surface area is 140 Å². The van der Waals surface area contributed by atoms with Crippen molar-refractivity contribution in [2.75, 3.05) is 13.2 Å². The fourth-order valence-electron chi connectivity index (χ4n) is 2.91. The van der Waals surface area contributed by atoms with Gasteiger partial charge in [-0.3, -0.25) is 4.79 Å².